The van der Waals surface area contributed by atoms with Crippen LogP contribution in [-0.2, 0) is 6.54 Å². The number of fused-ring (bicyclic) bond motifs is 2. The van der Waals surface area contributed by atoms with E-state index in [0.29, 0.717) is 0 Å². The van der Waals surface area contributed by atoms with E-state index < -0.39 is 0 Å². The molecule has 2 bridgehead atoms. The zero-order valence-electron chi connectivity index (χ0n) is 13.2. The lowest BCUT2D eigenvalue weighted by molar-refractivity contribution is 0.119. The minimum Gasteiger partial charge on any atom is -0.493 e. The summed E-state index contributed by atoms with van der Waals surface area (Å²) in [6, 6.07) is 10.2. The minimum absolute atomic E-state index is 0. The fourth-order valence-corrected chi connectivity index (χ4v) is 3.67. The summed E-state index contributed by atoms with van der Waals surface area (Å²) >= 11 is 0. The van der Waals surface area contributed by atoms with Crippen molar-refractivity contribution in [3.8, 4) is 5.75 Å². The van der Waals surface area contributed by atoms with Crippen molar-refractivity contribution in [2.45, 2.75) is 50.7 Å². The maximum Gasteiger partial charge on any atom is 0.119 e. The zero-order valence-corrected chi connectivity index (χ0v) is 14.0. The molecule has 1 aromatic carbocycles. The van der Waals surface area contributed by atoms with Crippen LogP contribution in [0.25, 0.3) is 0 Å². The van der Waals surface area contributed by atoms with Gasteiger partial charge in [0.1, 0.15) is 5.75 Å². The molecule has 3 aliphatic rings. The van der Waals surface area contributed by atoms with Gasteiger partial charge in [-0.1, -0.05) is 18.6 Å². The van der Waals surface area contributed by atoms with E-state index in [9.17, 15) is 0 Å². The average Bonchev–Trinajstić information content (AvgIpc) is 3.30. The van der Waals surface area contributed by atoms with Crippen LogP contribution < -0.4 is 10.1 Å². The summed E-state index contributed by atoms with van der Waals surface area (Å²) in [5.41, 5.74) is 1.41. The Morgan fingerprint density at radius 3 is 2.32 bits per heavy atom. The highest BCUT2D eigenvalue weighted by molar-refractivity contribution is 5.85. The second kappa shape index (κ2) is 7.20. The Morgan fingerprint density at radius 1 is 1.00 bits per heavy atom. The first-order chi connectivity index (χ1) is 10.3. The van der Waals surface area contributed by atoms with Crippen LogP contribution in [0.4, 0.5) is 0 Å². The number of benzene rings is 1. The van der Waals surface area contributed by atoms with Gasteiger partial charge in [0.2, 0.25) is 0 Å². The molecule has 0 radical (unpaired) electrons. The zero-order chi connectivity index (χ0) is 14.1. The van der Waals surface area contributed by atoms with E-state index in [1.165, 1.54) is 50.8 Å². The van der Waals surface area contributed by atoms with Crippen molar-refractivity contribution in [1.82, 2.24) is 10.2 Å². The van der Waals surface area contributed by atoms with Crippen LogP contribution in [0.1, 0.15) is 37.7 Å². The molecular weight excluding hydrogens is 296 g/mol. The Labute approximate surface area is 139 Å². The molecule has 0 aromatic heterocycles. The normalized spacial score (nSPS) is 28.0. The number of nitrogens with zero attached hydrogens (tertiary/aromatic N) is 1. The van der Waals surface area contributed by atoms with Crippen molar-refractivity contribution >= 4 is 12.4 Å². The first-order valence-corrected chi connectivity index (χ1v) is 8.55. The molecule has 1 N–H and O–H groups in total. The highest BCUT2D eigenvalue weighted by Crippen LogP contribution is 2.29. The monoisotopic (exact) mass is 322 g/mol. The highest BCUT2D eigenvalue weighted by Gasteiger charge is 2.29. The van der Waals surface area contributed by atoms with Crippen molar-refractivity contribution in [3.05, 3.63) is 29.8 Å². The highest BCUT2D eigenvalue weighted by atomic mass is 35.5. The molecular formula is C18H27ClN2O. The van der Waals surface area contributed by atoms with E-state index in [1.54, 1.807) is 0 Å². The fraction of sp³-hybridized carbons (Fsp3) is 0.667. The van der Waals surface area contributed by atoms with Crippen molar-refractivity contribution in [2.75, 3.05) is 19.7 Å². The Balaban J connectivity index is 0.00000144. The molecule has 3 fully saturated rings. The summed E-state index contributed by atoms with van der Waals surface area (Å²) in [6.07, 6.45) is 6.80. The van der Waals surface area contributed by atoms with Crippen molar-refractivity contribution < 1.29 is 4.74 Å². The van der Waals surface area contributed by atoms with Crippen LogP contribution in [0.3, 0.4) is 0 Å². The molecule has 2 saturated heterocycles. The van der Waals surface area contributed by atoms with Gasteiger partial charge < -0.3 is 10.1 Å². The number of likely N-dealkylation sites (tertiary alicyclic amines) is 1. The standard InChI is InChI=1S/C18H26N2O.ClH/c1-2-16-11-20(12-17(3-1)19-16)10-14-6-8-18(9-7-14)21-13-15-4-5-15;/h6-9,15-17,19H,1-5,10-13H2;1H. The minimum atomic E-state index is 0. The third-order valence-electron chi connectivity index (χ3n) is 5.05. The molecule has 122 valence electrons. The van der Waals surface area contributed by atoms with Crippen LogP contribution in [0.2, 0.25) is 0 Å². The lowest BCUT2D eigenvalue weighted by atomic mass is 9.94. The molecule has 4 rings (SSSR count). The molecule has 1 aromatic rings. The maximum absolute atomic E-state index is 5.81. The largest absolute Gasteiger partial charge is 0.493 e. The lowest BCUT2D eigenvalue weighted by Gasteiger charge is -2.42. The van der Waals surface area contributed by atoms with Gasteiger partial charge in [-0.25, -0.2) is 0 Å². The summed E-state index contributed by atoms with van der Waals surface area (Å²) in [6.45, 7) is 4.39. The Kier molecular flexibility index (Phi) is 5.27. The molecule has 2 aliphatic heterocycles. The van der Waals surface area contributed by atoms with Gasteiger partial charge in [0.05, 0.1) is 6.61 Å². The summed E-state index contributed by atoms with van der Waals surface area (Å²) in [5.74, 6) is 1.85. The number of rotatable bonds is 5. The molecule has 1 saturated carbocycles. The van der Waals surface area contributed by atoms with Crippen molar-refractivity contribution in [1.29, 1.82) is 0 Å². The van der Waals surface area contributed by atoms with Gasteiger partial charge in [0.15, 0.2) is 0 Å². The number of halogens is 1. The first-order valence-electron chi connectivity index (χ1n) is 8.55. The molecule has 4 heteroatoms. The van der Waals surface area contributed by atoms with Gasteiger partial charge in [-0.05, 0) is 49.3 Å². The molecule has 0 amide bonds. The van der Waals surface area contributed by atoms with Gasteiger partial charge in [0, 0.05) is 31.7 Å². The maximum atomic E-state index is 5.81. The van der Waals surface area contributed by atoms with E-state index in [4.69, 9.17) is 4.74 Å². The second-order valence-corrected chi connectivity index (χ2v) is 7.08. The number of hydrogen-bond acceptors (Lipinski definition) is 3. The average molecular weight is 323 g/mol. The van der Waals surface area contributed by atoms with E-state index >= 15 is 0 Å². The first kappa shape index (κ1) is 16.1. The lowest BCUT2D eigenvalue weighted by Crippen LogP contribution is -2.58. The predicted molar refractivity (Wildman–Crippen MR) is 91.7 cm³/mol. The third-order valence-corrected chi connectivity index (χ3v) is 5.05. The smallest absolute Gasteiger partial charge is 0.119 e. The number of ether oxygens (including phenoxy) is 1. The van der Waals surface area contributed by atoms with E-state index in [2.05, 4.69) is 34.5 Å². The SMILES string of the molecule is Cl.c1cc(OCC2CC2)ccc1CN1CC2CCCC(C1)N2. The van der Waals surface area contributed by atoms with Crippen molar-refractivity contribution in [2.24, 2.45) is 5.92 Å². The molecule has 1 aliphatic carbocycles. The van der Waals surface area contributed by atoms with Crippen LogP contribution >= 0.6 is 12.4 Å². The second-order valence-electron chi connectivity index (χ2n) is 7.08. The van der Waals surface area contributed by atoms with Gasteiger partial charge >= 0.3 is 0 Å². The molecule has 0 spiro atoms. The van der Waals surface area contributed by atoms with Gasteiger partial charge in [-0.2, -0.15) is 0 Å². The van der Waals surface area contributed by atoms with Crippen LogP contribution in [0.5, 0.6) is 5.75 Å². The van der Waals surface area contributed by atoms with Crippen LogP contribution in [-0.4, -0.2) is 36.7 Å². The number of piperazine rings is 1. The third kappa shape index (κ3) is 4.15. The summed E-state index contributed by atoms with van der Waals surface area (Å²) in [7, 11) is 0. The summed E-state index contributed by atoms with van der Waals surface area (Å²) in [4.78, 5) is 2.62. The molecule has 2 unspecified atom stereocenters. The number of piperidine rings is 1. The number of nitrogens with one attached hydrogen (secondary N) is 1. The molecule has 3 nitrogen and oxygen atoms in total. The predicted octanol–water partition coefficient (Wildman–Crippen LogP) is 3.22. The van der Waals surface area contributed by atoms with Gasteiger partial charge in [-0.15, -0.1) is 12.4 Å². The van der Waals surface area contributed by atoms with Crippen molar-refractivity contribution in [3.63, 3.8) is 0 Å². The van der Waals surface area contributed by atoms with E-state index in [-0.39, 0.29) is 12.4 Å². The summed E-state index contributed by atoms with van der Waals surface area (Å²) < 4.78 is 5.81. The Bertz CT molecular complexity index is 462. The molecule has 22 heavy (non-hydrogen) atoms. The van der Waals surface area contributed by atoms with Crippen LogP contribution in [0.15, 0.2) is 24.3 Å². The topological polar surface area (TPSA) is 24.5 Å². The van der Waals surface area contributed by atoms with Gasteiger partial charge in [-0.3, -0.25) is 4.90 Å². The van der Waals surface area contributed by atoms with E-state index in [0.717, 1.165) is 36.9 Å². The molecule has 2 atom stereocenters. The Hall–Kier alpha value is -0.770. The van der Waals surface area contributed by atoms with E-state index in [1.807, 2.05) is 0 Å². The fourth-order valence-electron chi connectivity index (χ4n) is 3.67. The quantitative estimate of drug-likeness (QED) is 0.901. The number of hydrogen-bond donors (Lipinski definition) is 1. The Morgan fingerprint density at radius 2 is 1.68 bits per heavy atom. The van der Waals surface area contributed by atoms with Crippen LogP contribution in [0, 0.1) is 5.92 Å². The van der Waals surface area contributed by atoms with Gasteiger partial charge in [0.25, 0.3) is 0 Å². The molecule has 2 heterocycles. The summed E-state index contributed by atoms with van der Waals surface area (Å²) in [5, 5.41) is 3.75.